The molecule has 0 spiro atoms. The highest BCUT2D eigenvalue weighted by Crippen LogP contribution is 2.42. The van der Waals surface area contributed by atoms with Crippen LogP contribution in [0.3, 0.4) is 0 Å². The summed E-state index contributed by atoms with van der Waals surface area (Å²) in [5, 5.41) is 7.78. The Kier molecular flexibility index (Phi) is 8.28. The van der Waals surface area contributed by atoms with Crippen LogP contribution in [0.25, 0.3) is 33.4 Å². The number of rotatable bonds is 9. The molecule has 3 heterocycles. The van der Waals surface area contributed by atoms with Crippen molar-refractivity contribution < 1.29 is 9.53 Å². The number of Topliss-reactive ketones (excluding diaryl/α,β-unsaturated/α-hetero) is 1. The van der Waals surface area contributed by atoms with Crippen LogP contribution in [0.2, 0.25) is 10.0 Å². The number of anilines is 2. The number of nitrogens with one attached hydrogen (secondary N) is 2. The fraction of sp³-hybridized carbons (Fsp3) is 0.219. The van der Waals surface area contributed by atoms with Gasteiger partial charge in [0.15, 0.2) is 5.82 Å². The lowest BCUT2D eigenvalue weighted by molar-refractivity contribution is -0.117. The Balaban J connectivity index is 1.26. The van der Waals surface area contributed by atoms with Gasteiger partial charge < -0.3 is 15.4 Å². The summed E-state index contributed by atoms with van der Waals surface area (Å²) >= 11 is 14.0. The second-order valence-electron chi connectivity index (χ2n) is 10.2. The van der Waals surface area contributed by atoms with Crippen molar-refractivity contribution in [2.75, 3.05) is 19.0 Å². The van der Waals surface area contributed by atoms with Crippen molar-refractivity contribution in [2.24, 2.45) is 5.92 Å². The molecule has 1 saturated carbocycles. The van der Waals surface area contributed by atoms with Crippen LogP contribution in [0, 0.1) is 5.92 Å². The number of hydrogen-bond acceptors (Lipinski definition) is 8. The fourth-order valence-corrected chi connectivity index (χ4v) is 5.90. The standard InChI is InChI=1S/C32H28Cl2N6O2/c1-42-32-20(18-35-17-19-8-10-21(41)16-19)9-11-25(40-32)24-6-2-4-22(28(24)33)23-5-3-7-26(29(23)34)39-31-30-27(12-13-38-31)36-14-15-37-30/h2-7,9,11-15,19,35H,8,10,16-18H2,1H3,(H,38,39)/t19-/m1/s1. The quantitative estimate of drug-likeness (QED) is 0.182. The predicted octanol–water partition coefficient (Wildman–Crippen LogP) is 7.27. The Morgan fingerprint density at radius 3 is 2.50 bits per heavy atom. The van der Waals surface area contributed by atoms with E-state index in [1.54, 1.807) is 25.7 Å². The Hall–Kier alpha value is -4.11. The number of methoxy groups -OCH3 is 1. The molecular weight excluding hydrogens is 571 g/mol. The maximum absolute atomic E-state index is 11.6. The zero-order valence-corrected chi connectivity index (χ0v) is 24.4. The van der Waals surface area contributed by atoms with Crippen molar-refractivity contribution in [3.05, 3.63) is 88.8 Å². The van der Waals surface area contributed by atoms with Crippen molar-refractivity contribution in [1.82, 2.24) is 25.3 Å². The minimum absolute atomic E-state index is 0.352. The molecular formula is C32H28Cl2N6O2. The number of halogens is 2. The normalized spacial score (nSPS) is 14.8. The van der Waals surface area contributed by atoms with Gasteiger partial charge in [0.2, 0.25) is 5.88 Å². The second kappa shape index (κ2) is 12.4. The summed E-state index contributed by atoms with van der Waals surface area (Å²) in [5.74, 6) is 1.83. The van der Waals surface area contributed by atoms with Crippen LogP contribution < -0.4 is 15.4 Å². The van der Waals surface area contributed by atoms with Gasteiger partial charge in [-0.05, 0) is 37.1 Å². The molecule has 0 aliphatic heterocycles. The monoisotopic (exact) mass is 598 g/mol. The van der Waals surface area contributed by atoms with Gasteiger partial charge in [0.1, 0.15) is 11.3 Å². The summed E-state index contributed by atoms with van der Waals surface area (Å²) < 4.78 is 5.63. The predicted molar refractivity (Wildman–Crippen MR) is 166 cm³/mol. The van der Waals surface area contributed by atoms with Crippen molar-refractivity contribution in [3.63, 3.8) is 0 Å². The van der Waals surface area contributed by atoms with Crippen LogP contribution in [0.4, 0.5) is 11.5 Å². The average Bonchev–Trinajstić information content (AvgIpc) is 3.43. The van der Waals surface area contributed by atoms with Crippen molar-refractivity contribution in [3.8, 4) is 28.3 Å². The first-order chi connectivity index (χ1) is 20.5. The Morgan fingerprint density at radius 1 is 0.905 bits per heavy atom. The topological polar surface area (TPSA) is 102 Å². The number of ketones is 1. The lowest BCUT2D eigenvalue weighted by Gasteiger charge is -2.16. The van der Waals surface area contributed by atoms with Crippen LogP contribution in [-0.4, -0.2) is 39.4 Å². The van der Waals surface area contributed by atoms with Crippen molar-refractivity contribution in [1.29, 1.82) is 0 Å². The van der Waals surface area contributed by atoms with E-state index in [2.05, 4.69) is 25.6 Å². The summed E-state index contributed by atoms with van der Waals surface area (Å²) in [6.07, 6.45) is 7.25. The minimum Gasteiger partial charge on any atom is -0.481 e. The van der Waals surface area contributed by atoms with Gasteiger partial charge in [0.05, 0.1) is 34.1 Å². The van der Waals surface area contributed by atoms with E-state index < -0.39 is 0 Å². The molecule has 1 fully saturated rings. The van der Waals surface area contributed by atoms with Crippen LogP contribution in [-0.2, 0) is 11.3 Å². The fourth-order valence-electron chi connectivity index (χ4n) is 5.30. The molecule has 212 valence electrons. The van der Waals surface area contributed by atoms with Gasteiger partial charge in [-0.3, -0.25) is 9.78 Å². The molecule has 1 aliphatic carbocycles. The van der Waals surface area contributed by atoms with E-state index in [-0.39, 0.29) is 0 Å². The lowest BCUT2D eigenvalue weighted by Crippen LogP contribution is -2.21. The highest BCUT2D eigenvalue weighted by Gasteiger charge is 2.22. The highest BCUT2D eigenvalue weighted by atomic mass is 35.5. The van der Waals surface area contributed by atoms with Crippen LogP contribution in [0.5, 0.6) is 5.88 Å². The zero-order valence-electron chi connectivity index (χ0n) is 22.9. The molecule has 0 amide bonds. The largest absolute Gasteiger partial charge is 0.481 e. The van der Waals surface area contributed by atoms with E-state index in [1.165, 1.54) is 0 Å². The van der Waals surface area contributed by atoms with E-state index in [9.17, 15) is 4.79 Å². The van der Waals surface area contributed by atoms with Gasteiger partial charge in [-0.1, -0.05) is 59.6 Å². The molecule has 0 saturated heterocycles. The number of carbonyl (C=O) groups excluding carboxylic acids is 1. The smallest absolute Gasteiger partial charge is 0.218 e. The maximum atomic E-state index is 11.6. The van der Waals surface area contributed by atoms with Gasteiger partial charge in [0.25, 0.3) is 0 Å². The lowest BCUT2D eigenvalue weighted by atomic mass is 10.00. The first-order valence-corrected chi connectivity index (χ1v) is 14.4. The first kappa shape index (κ1) is 28.0. The summed E-state index contributed by atoms with van der Waals surface area (Å²) in [7, 11) is 1.61. The van der Waals surface area contributed by atoms with E-state index in [0.717, 1.165) is 40.7 Å². The van der Waals surface area contributed by atoms with Crippen LogP contribution in [0.15, 0.2) is 73.2 Å². The highest BCUT2D eigenvalue weighted by molar-refractivity contribution is 6.39. The maximum Gasteiger partial charge on any atom is 0.218 e. The minimum atomic E-state index is 0.352. The molecule has 1 aliphatic rings. The molecule has 6 rings (SSSR count). The zero-order chi connectivity index (χ0) is 29.1. The Morgan fingerprint density at radius 2 is 1.69 bits per heavy atom. The summed E-state index contributed by atoms with van der Waals surface area (Å²) in [5.41, 5.74) is 5.96. The molecule has 0 bridgehead atoms. The molecule has 42 heavy (non-hydrogen) atoms. The van der Waals surface area contributed by atoms with Gasteiger partial charge in [-0.15, -0.1) is 0 Å². The van der Waals surface area contributed by atoms with Crippen LogP contribution in [0.1, 0.15) is 24.8 Å². The van der Waals surface area contributed by atoms with E-state index in [0.29, 0.717) is 69.7 Å². The second-order valence-corrected chi connectivity index (χ2v) is 10.9. The molecule has 5 aromatic rings. The number of ether oxygens (including phenoxy) is 1. The molecule has 2 N–H and O–H groups in total. The van der Waals surface area contributed by atoms with Gasteiger partial charge in [-0.25, -0.2) is 15.0 Å². The average molecular weight is 600 g/mol. The first-order valence-electron chi connectivity index (χ1n) is 13.7. The van der Waals surface area contributed by atoms with Crippen molar-refractivity contribution in [2.45, 2.75) is 25.8 Å². The number of benzene rings is 2. The SMILES string of the molecule is COc1nc(-c2cccc(-c3cccc(Nc4nccc5nccnc45)c3Cl)c2Cl)ccc1CNC[C@@H]1CCC(=O)C1. The van der Waals surface area contributed by atoms with Crippen LogP contribution >= 0.6 is 23.2 Å². The number of nitrogens with zero attached hydrogens (tertiary/aromatic N) is 4. The molecule has 2 aromatic carbocycles. The molecule has 8 nitrogen and oxygen atoms in total. The van der Waals surface area contributed by atoms with Gasteiger partial charge >= 0.3 is 0 Å². The molecule has 0 unspecified atom stereocenters. The van der Waals surface area contributed by atoms with Gasteiger partial charge in [0, 0.05) is 60.2 Å². The van der Waals surface area contributed by atoms with E-state index in [4.69, 9.17) is 32.9 Å². The number of pyridine rings is 2. The number of fused-ring (bicyclic) bond motifs is 1. The van der Waals surface area contributed by atoms with E-state index in [1.807, 2.05) is 54.6 Å². The molecule has 10 heteroatoms. The van der Waals surface area contributed by atoms with E-state index >= 15 is 0 Å². The number of carbonyl (C=O) groups is 1. The summed E-state index contributed by atoms with van der Waals surface area (Å²) in [6, 6.07) is 17.3. The summed E-state index contributed by atoms with van der Waals surface area (Å²) in [6.45, 7) is 1.39. The molecule has 3 aromatic heterocycles. The number of hydrogen-bond donors (Lipinski definition) is 2. The molecule has 0 radical (unpaired) electrons. The Labute approximate surface area is 253 Å². The third-order valence-electron chi connectivity index (χ3n) is 7.43. The third kappa shape index (κ3) is 5.79. The Bertz CT molecular complexity index is 1780. The molecule has 1 atom stereocenters. The van der Waals surface area contributed by atoms with Crippen molar-refractivity contribution >= 4 is 51.5 Å². The summed E-state index contributed by atoms with van der Waals surface area (Å²) in [4.78, 5) is 29.6. The number of aromatic nitrogens is 4. The van der Waals surface area contributed by atoms with Gasteiger partial charge in [-0.2, -0.15) is 0 Å². The third-order valence-corrected chi connectivity index (χ3v) is 8.25.